The second kappa shape index (κ2) is 5.89. The molecule has 0 spiro atoms. The molecule has 3 heterocycles. The average Bonchev–Trinajstić information content (AvgIpc) is 3.45. The van der Waals surface area contributed by atoms with Crippen molar-refractivity contribution in [3.63, 3.8) is 0 Å². The van der Waals surface area contributed by atoms with Gasteiger partial charge in [0.25, 0.3) is 0 Å². The van der Waals surface area contributed by atoms with Gasteiger partial charge >= 0.3 is 0 Å². The summed E-state index contributed by atoms with van der Waals surface area (Å²) >= 11 is 6.29. The lowest BCUT2D eigenvalue weighted by Crippen LogP contribution is -2.29. The number of hydrogen-bond acceptors (Lipinski definition) is 5. The minimum atomic E-state index is -0.699. The fraction of sp³-hybridized carbons (Fsp3) is 0.167. The number of amides is 1. The summed E-state index contributed by atoms with van der Waals surface area (Å²) in [6.07, 6.45) is 9.59. The standard InChI is InChI=1S/C18H14ClN5O/c19-13-9-22-8-3-12(13)16-15(11-1-6-21-7-2-11)24-14(10-23-16)18(4-5-18)17(20)25/h1-3,6-10H,4-5H2,(H2,20,25). The Balaban J connectivity index is 1.94. The first-order chi connectivity index (χ1) is 12.1. The van der Waals surface area contributed by atoms with Crippen molar-refractivity contribution in [3.05, 3.63) is 59.9 Å². The zero-order chi connectivity index (χ0) is 17.4. The highest BCUT2D eigenvalue weighted by molar-refractivity contribution is 6.33. The molecule has 1 saturated carbocycles. The van der Waals surface area contributed by atoms with Crippen LogP contribution in [0.1, 0.15) is 18.5 Å². The van der Waals surface area contributed by atoms with Crippen molar-refractivity contribution in [3.8, 4) is 22.5 Å². The van der Waals surface area contributed by atoms with Gasteiger partial charge < -0.3 is 5.73 Å². The molecular weight excluding hydrogens is 338 g/mol. The summed E-state index contributed by atoms with van der Waals surface area (Å²) in [4.78, 5) is 29.2. The number of aromatic nitrogens is 4. The van der Waals surface area contributed by atoms with Gasteiger partial charge in [-0.3, -0.25) is 19.7 Å². The van der Waals surface area contributed by atoms with Crippen LogP contribution in [0.15, 0.2) is 49.2 Å². The molecule has 0 saturated heterocycles. The largest absolute Gasteiger partial charge is 0.369 e. The average molecular weight is 352 g/mol. The molecule has 3 aromatic heterocycles. The third-order valence-corrected chi connectivity index (χ3v) is 4.77. The van der Waals surface area contributed by atoms with E-state index in [1.54, 1.807) is 37.1 Å². The monoisotopic (exact) mass is 351 g/mol. The molecule has 0 bridgehead atoms. The predicted octanol–water partition coefficient (Wildman–Crippen LogP) is 2.77. The topological polar surface area (TPSA) is 94.7 Å². The summed E-state index contributed by atoms with van der Waals surface area (Å²) in [6, 6.07) is 5.48. The molecule has 1 aliphatic rings. The van der Waals surface area contributed by atoms with Gasteiger partial charge in [0.05, 0.1) is 33.7 Å². The Bertz CT molecular complexity index is 957. The number of carbonyl (C=O) groups is 1. The van der Waals surface area contributed by atoms with Crippen molar-refractivity contribution in [1.82, 2.24) is 19.9 Å². The summed E-state index contributed by atoms with van der Waals surface area (Å²) in [5.74, 6) is -0.364. The summed E-state index contributed by atoms with van der Waals surface area (Å²) < 4.78 is 0. The smallest absolute Gasteiger partial charge is 0.229 e. The highest BCUT2D eigenvalue weighted by atomic mass is 35.5. The summed E-state index contributed by atoms with van der Waals surface area (Å²) in [5.41, 5.74) is 8.31. The quantitative estimate of drug-likeness (QED) is 0.779. The normalized spacial score (nSPS) is 14.9. The molecular formula is C18H14ClN5O. The van der Waals surface area contributed by atoms with Crippen molar-refractivity contribution in [2.45, 2.75) is 18.3 Å². The third kappa shape index (κ3) is 2.64. The molecule has 25 heavy (non-hydrogen) atoms. The number of primary amides is 1. The molecule has 1 aliphatic carbocycles. The van der Waals surface area contributed by atoms with Gasteiger partial charge in [0.1, 0.15) is 0 Å². The minimum Gasteiger partial charge on any atom is -0.369 e. The van der Waals surface area contributed by atoms with Crippen LogP contribution in [0.25, 0.3) is 22.5 Å². The van der Waals surface area contributed by atoms with Crippen molar-refractivity contribution in [2.75, 3.05) is 0 Å². The molecule has 2 N–H and O–H groups in total. The lowest BCUT2D eigenvalue weighted by molar-refractivity contribution is -0.120. The van der Waals surface area contributed by atoms with Gasteiger partial charge in [-0.2, -0.15) is 0 Å². The van der Waals surface area contributed by atoms with E-state index in [1.807, 2.05) is 12.1 Å². The zero-order valence-electron chi connectivity index (χ0n) is 13.2. The van der Waals surface area contributed by atoms with Crippen molar-refractivity contribution >= 4 is 17.5 Å². The molecule has 0 radical (unpaired) electrons. The number of nitrogens with two attached hydrogens (primary N) is 1. The highest BCUT2D eigenvalue weighted by Crippen LogP contribution is 2.48. The zero-order valence-corrected chi connectivity index (χ0v) is 13.9. The number of halogens is 1. The van der Waals surface area contributed by atoms with E-state index in [4.69, 9.17) is 22.3 Å². The van der Waals surface area contributed by atoms with Gasteiger partial charge in [-0.1, -0.05) is 11.6 Å². The molecule has 4 rings (SSSR count). The van der Waals surface area contributed by atoms with Gasteiger partial charge in [0.2, 0.25) is 5.91 Å². The lowest BCUT2D eigenvalue weighted by Gasteiger charge is -2.15. The number of nitrogens with zero attached hydrogens (tertiary/aromatic N) is 4. The van der Waals surface area contributed by atoms with E-state index >= 15 is 0 Å². The van der Waals surface area contributed by atoms with Crippen LogP contribution in [-0.4, -0.2) is 25.8 Å². The molecule has 1 amide bonds. The molecule has 0 atom stereocenters. The Labute approximate surface area is 149 Å². The van der Waals surface area contributed by atoms with Crippen LogP contribution in [0.2, 0.25) is 5.02 Å². The Kier molecular flexibility index (Phi) is 3.69. The number of rotatable bonds is 4. The first-order valence-electron chi connectivity index (χ1n) is 7.79. The third-order valence-electron chi connectivity index (χ3n) is 4.47. The summed E-state index contributed by atoms with van der Waals surface area (Å²) in [6.45, 7) is 0. The van der Waals surface area contributed by atoms with Gasteiger partial charge in [-0.05, 0) is 31.0 Å². The molecule has 124 valence electrons. The van der Waals surface area contributed by atoms with E-state index < -0.39 is 5.41 Å². The Morgan fingerprint density at radius 3 is 2.40 bits per heavy atom. The Morgan fingerprint density at radius 2 is 1.76 bits per heavy atom. The SMILES string of the molecule is NC(=O)C1(c2cnc(-c3ccncc3Cl)c(-c3ccncc3)n2)CC1. The highest BCUT2D eigenvalue weighted by Gasteiger charge is 2.52. The maximum atomic E-state index is 11.9. The van der Waals surface area contributed by atoms with Gasteiger partial charge in [0, 0.05) is 35.9 Å². The lowest BCUT2D eigenvalue weighted by atomic mass is 10.00. The Morgan fingerprint density at radius 1 is 1.04 bits per heavy atom. The van der Waals surface area contributed by atoms with Crippen LogP contribution in [0.4, 0.5) is 0 Å². The molecule has 0 unspecified atom stereocenters. The minimum absolute atomic E-state index is 0.364. The van der Waals surface area contributed by atoms with E-state index in [2.05, 4.69) is 15.0 Å². The molecule has 0 aliphatic heterocycles. The molecule has 0 aromatic carbocycles. The maximum Gasteiger partial charge on any atom is 0.229 e. The second-order valence-corrected chi connectivity index (χ2v) is 6.40. The van der Waals surface area contributed by atoms with Crippen LogP contribution in [0.3, 0.4) is 0 Å². The number of hydrogen-bond donors (Lipinski definition) is 1. The summed E-state index contributed by atoms with van der Waals surface area (Å²) in [5, 5.41) is 0.482. The van der Waals surface area contributed by atoms with E-state index in [0.717, 1.165) is 11.1 Å². The Hall–Kier alpha value is -2.86. The van der Waals surface area contributed by atoms with Gasteiger partial charge in [-0.15, -0.1) is 0 Å². The first-order valence-corrected chi connectivity index (χ1v) is 8.17. The predicted molar refractivity (Wildman–Crippen MR) is 93.6 cm³/mol. The molecule has 3 aromatic rings. The fourth-order valence-electron chi connectivity index (χ4n) is 2.85. The van der Waals surface area contributed by atoms with E-state index in [0.29, 0.717) is 34.9 Å². The van der Waals surface area contributed by atoms with Gasteiger partial charge in [-0.25, -0.2) is 4.98 Å². The number of carbonyl (C=O) groups excluding carboxylic acids is 1. The van der Waals surface area contributed by atoms with Crippen molar-refractivity contribution in [2.24, 2.45) is 5.73 Å². The van der Waals surface area contributed by atoms with E-state index in [-0.39, 0.29) is 5.91 Å². The van der Waals surface area contributed by atoms with Crippen LogP contribution in [-0.2, 0) is 10.2 Å². The van der Waals surface area contributed by atoms with Crippen LogP contribution in [0, 0.1) is 0 Å². The maximum absolute atomic E-state index is 11.9. The van der Waals surface area contributed by atoms with Crippen molar-refractivity contribution in [1.29, 1.82) is 0 Å². The molecule has 1 fully saturated rings. The van der Waals surface area contributed by atoms with Crippen LogP contribution < -0.4 is 5.73 Å². The van der Waals surface area contributed by atoms with E-state index in [9.17, 15) is 4.79 Å². The first kappa shape index (κ1) is 15.7. The molecule has 6 nitrogen and oxygen atoms in total. The second-order valence-electron chi connectivity index (χ2n) is 5.99. The van der Waals surface area contributed by atoms with Crippen LogP contribution in [0.5, 0.6) is 0 Å². The van der Waals surface area contributed by atoms with E-state index in [1.165, 1.54) is 0 Å². The number of pyridine rings is 2. The molecule has 7 heteroatoms. The van der Waals surface area contributed by atoms with Crippen LogP contribution >= 0.6 is 11.6 Å². The van der Waals surface area contributed by atoms with Gasteiger partial charge in [0.15, 0.2) is 0 Å². The van der Waals surface area contributed by atoms with Crippen molar-refractivity contribution < 1.29 is 4.79 Å². The summed E-state index contributed by atoms with van der Waals surface area (Å²) in [7, 11) is 0. The fourth-order valence-corrected chi connectivity index (χ4v) is 3.06.